The van der Waals surface area contributed by atoms with Crippen molar-refractivity contribution in [3.63, 3.8) is 0 Å². The quantitative estimate of drug-likeness (QED) is 0.680. The van der Waals surface area contributed by atoms with E-state index < -0.39 is 0 Å². The predicted molar refractivity (Wildman–Crippen MR) is 67.5 cm³/mol. The number of nitrogen functional groups attached to an aromatic ring is 2. The summed E-state index contributed by atoms with van der Waals surface area (Å²) in [6, 6.07) is 3.81. The molecule has 92 valence electrons. The molecule has 1 aliphatic rings. The van der Waals surface area contributed by atoms with Gasteiger partial charge in [-0.2, -0.15) is 0 Å². The molecule has 0 aromatic carbocycles. The van der Waals surface area contributed by atoms with Gasteiger partial charge < -0.3 is 21.7 Å². The van der Waals surface area contributed by atoms with Crippen LogP contribution >= 0.6 is 0 Å². The second-order valence-electron chi connectivity index (χ2n) is 4.34. The normalized spacial score (nSPS) is 14.4. The van der Waals surface area contributed by atoms with Crippen LogP contribution in [0.3, 0.4) is 0 Å². The predicted octanol–water partition coefficient (Wildman–Crippen LogP) is -0.0392. The lowest BCUT2D eigenvalue weighted by Gasteiger charge is -2.18. The molecule has 17 heavy (non-hydrogen) atoms. The number of carbonyl (C=O) groups is 1. The highest BCUT2D eigenvalue weighted by molar-refractivity contribution is 5.81. The van der Waals surface area contributed by atoms with Gasteiger partial charge in [0.25, 0.3) is 0 Å². The summed E-state index contributed by atoms with van der Waals surface area (Å²) in [5, 5.41) is 2.92. The first kappa shape index (κ1) is 11.5. The van der Waals surface area contributed by atoms with E-state index in [1.165, 1.54) is 0 Å². The molecule has 1 amide bonds. The molecule has 1 fully saturated rings. The molecule has 0 saturated heterocycles. The molecule has 1 saturated carbocycles. The molecule has 0 unspecified atom stereocenters. The standard InChI is InChI=1S/C11H17N5O/c1-16(6-10(17)14-7-2-3-7)9-5-4-8(12)11(13)15-9/h4-5,7H,2-3,6,12H2,1H3,(H2,13,15)(H,14,17). The van der Waals surface area contributed by atoms with Crippen LogP contribution < -0.4 is 21.7 Å². The van der Waals surface area contributed by atoms with Crippen LogP contribution in [0.5, 0.6) is 0 Å². The van der Waals surface area contributed by atoms with Crippen molar-refractivity contribution in [2.75, 3.05) is 30.0 Å². The average Bonchev–Trinajstić information content (AvgIpc) is 3.05. The lowest BCUT2D eigenvalue weighted by atomic mass is 10.3. The van der Waals surface area contributed by atoms with Crippen molar-refractivity contribution in [2.24, 2.45) is 0 Å². The maximum Gasteiger partial charge on any atom is 0.239 e. The maximum absolute atomic E-state index is 11.6. The summed E-state index contributed by atoms with van der Waals surface area (Å²) in [4.78, 5) is 17.5. The number of hydrogen-bond acceptors (Lipinski definition) is 5. The topological polar surface area (TPSA) is 97.3 Å². The Morgan fingerprint density at radius 2 is 2.24 bits per heavy atom. The molecule has 1 aromatic heterocycles. The summed E-state index contributed by atoms with van der Waals surface area (Å²) in [7, 11) is 1.80. The number of hydrogen-bond donors (Lipinski definition) is 3. The molecule has 1 aromatic rings. The number of pyridine rings is 1. The van der Waals surface area contributed by atoms with E-state index >= 15 is 0 Å². The summed E-state index contributed by atoms with van der Waals surface area (Å²) < 4.78 is 0. The molecule has 6 nitrogen and oxygen atoms in total. The Morgan fingerprint density at radius 3 is 2.82 bits per heavy atom. The first-order valence-electron chi connectivity index (χ1n) is 5.59. The molecule has 6 heteroatoms. The van der Waals surface area contributed by atoms with Crippen LogP contribution in [0.1, 0.15) is 12.8 Å². The van der Waals surface area contributed by atoms with E-state index in [1.54, 1.807) is 24.1 Å². The number of likely N-dealkylation sites (N-methyl/N-ethyl adjacent to an activating group) is 1. The van der Waals surface area contributed by atoms with Crippen LogP contribution in [-0.4, -0.2) is 30.5 Å². The third kappa shape index (κ3) is 2.99. The average molecular weight is 235 g/mol. The van der Waals surface area contributed by atoms with E-state index in [4.69, 9.17) is 11.5 Å². The number of nitrogens with zero attached hydrogens (tertiary/aromatic N) is 2. The number of anilines is 3. The molecule has 0 atom stereocenters. The largest absolute Gasteiger partial charge is 0.396 e. The highest BCUT2D eigenvalue weighted by atomic mass is 16.2. The Balaban J connectivity index is 1.95. The Labute approximate surface area is 100.0 Å². The second-order valence-corrected chi connectivity index (χ2v) is 4.34. The lowest BCUT2D eigenvalue weighted by molar-refractivity contribution is -0.119. The fourth-order valence-electron chi connectivity index (χ4n) is 1.48. The lowest BCUT2D eigenvalue weighted by Crippen LogP contribution is -2.36. The molecule has 0 spiro atoms. The second kappa shape index (κ2) is 4.48. The Kier molecular flexibility index (Phi) is 3.03. The van der Waals surface area contributed by atoms with E-state index in [0.717, 1.165) is 12.8 Å². The number of amides is 1. The third-order valence-corrected chi connectivity index (χ3v) is 2.66. The van der Waals surface area contributed by atoms with Gasteiger partial charge in [0.15, 0.2) is 0 Å². The molecule has 0 bridgehead atoms. The SMILES string of the molecule is CN(CC(=O)NC1CC1)c1ccc(N)c(N)n1. The van der Waals surface area contributed by atoms with Crippen LogP contribution in [0.4, 0.5) is 17.3 Å². The van der Waals surface area contributed by atoms with E-state index in [9.17, 15) is 4.79 Å². The van der Waals surface area contributed by atoms with Gasteiger partial charge in [-0.1, -0.05) is 0 Å². The number of rotatable bonds is 4. The van der Waals surface area contributed by atoms with Crippen molar-refractivity contribution in [1.29, 1.82) is 0 Å². The van der Waals surface area contributed by atoms with E-state index in [-0.39, 0.29) is 18.3 Å². The molecular formula is C11H17N5O. The monoisotopic (exact) mass is 235 g/mol. The van der Waals surface area contributed by atoms with E-state index in [1.807, 2.05) is 0 Å². The van der Waals surface area contributed by atoms with Crippen molar-refractivity contribution in [1.82, 2.24) is 10.3 Å². The molecule has 5 N–H and O–H groups in total. The van der Waals surface area contributed by atoms with Crippen molar-refractivity contribution in [3.05, 3.63) is 12.1 Å². The van der Waals surface area contributed by atoms with Gasteiger partial charge in [-0.15, -0.1) is 0 Å². The number of carbonyl (C=O) groups excluding carboxylic acids is 1. The highest BCUT2D eigenvalue weighted by Gasteiger charge is 2.23. The van der Waals surface area contributed by atoms with Crippen LogP contribution in [0.15, 0.2) is 12.1 Å². The molecule has 1 heterocycles. The van der Waals surface area contributed by atoms with Gasteiger partial charge in [0, 0.05) is 13.1 Å². The molecular weight excluding hydrogens is 218 g/mol. The zero-order valence-electron chi connectivity index (χ0n) is 9.81. The fraction of sp³-hybridized carbons (Fsp3) is 0.455. The molecule has 0 radical (unpaired) electrons. The molecule has 2 rings (SSSR count). The summed E-state index contributed by atoms with van der Waals surface area (Å²) in [6.07, 6.45) is 2.17. The number of nitrogens with one attached hydrogen (secondary N) is 1. The Bertz CT molecular complexity index is 430. The Hall–Kier alpha value is -1.98. The van der Waals surface area contributed by atoms with Gasteiger partial charge in [0.05, 0.1) is 12.2 Å². The maximum atomic E-state index is 11.6. The van der Waals surface area contributed by atoms with Gasteiger partial charge in [0.2, 0.25) is 5.91 Å². The van der Waals surface area contributed by atoms with E-state index in [2.05, 4.69) is 10.3 Å². The van der Waals surface area contributed by atoms with Gasteiger partial charge in [-0.3, -0.25) is 4.79 Å². The van der Waals surface area contributed by atoms with Crippen LogP contribution in [0.25, 0.3) is 0 Å². The van der Waals surface area contributed by atoms with Gasteiger partial charge in [-0.25, -0.2) is 4.98 Å². The number of nitrogens with two attached hydrogens (primary N) is 2. The fourth-order valence-corrected chi connectivity index (χ4v) is 1.48. The zero-order chi connectivity index (χ0) is 12.4. The molecule has 0 aliphatic heterocycles. The molecule has 1 aliphatic carbocycles. The van der Waals surface area contributed by atoms with E-state index in [0.29, 0.717) is 17.5 Å². The zero-order valence-corrected chi connectivity index (χ0v) is 9.81. The number of aromatic nitrogens is 1. The van der Waals surface area contributed by atoms with Crippen molar-refractivity contribution < 1.29 is 4.79 Å². The summed E-state index contributed by atoms with van der Waals surface area (Å²) >= 11 is 0. The summed E-state index contributed by atoms with van der Waals surface area (Å²) in [5.41, 5.74) is 11.6. The van der Waals surface area contributed by atoms with Gasteiger partial charge >= 0.3 is 0 Å². The minimum Gasteiger partial charge on any atom is -0.396 e. The first-order chi connectivity index (χ1) is 8.06. The third-order valence-electron chi connectivity index (χ3n) is 2.66. The minimum atomic E-state index is 0.00666. The van der Waals surface area contributed by atoms with Crippen LogP contribution in [0.2, 0.25) is 0 Å². The summed E-state index contributed by atoms with van der Waals surface area (Å²) in [6.45, 7) is 0.271. The smallest absolute Gasteiger partial charge is 0.239 e. The Morgan fingerprint density at radius 1 is 1.53 bits per heavy atom. The minimum absolute atomic E-state index is 0.00666. The van der Waals surface area contributed by atoms with Crippen molar-refractivity contribution >= 4 is 23.2 Å². The van der Waals surface area contributed by atoms with Crippen LogP contribution in [-0.2, 0) is 4.79 Å². The van der Waals surface area contributed by atoms with Crippen molar-refractivity contribution in [3.8, 4) is 0 Å². The summed E-state index contributed by atoms with van der Waals surface area (Å²) in [5.74, 6) is 0.937. The van der Waals surface area contributed by atoms with Gasteiger partial charge in [-0.05, 0) is 25.0 Å². The first-order valence-corrected chi connectivity index (χ1v) is 5.59. The highest BCUT2D eigenvalue weighted by Crippen LogP contribution is 2.19. The van der Waals surface area contributed by atoms with Crippen molar-refractivity contribution in [2.45, 2.75) is 18.9 Å². The van der Waals surface area contributed by atoms with Crippen LogP contribution in [0, 0.1) is 0 Å². The van der Waals surface area contributed by atoms with Gasteiger partial charge in [0.1, 0.15) is 11.6 Å².